The van der Waals surface area contributed by atoms with E-state index in [1.54, 1.807) is 0 Å². The van der Waals surface area contributed by atoms with Crippen molar-refractivity contribution in [2.75, 3.05) is 6.54 Å². The molecule has 4 nitrogen and oxygen atoms in total. The van der Waals surface area contributed by atoms with Crippen molar-refractivity contribution in [2.24, 2.45) is 5.92 Å². The van der Waals surface area contributed by atoms with Crippen LogP contribution in [-0.4, -0.2) is 16.5 Å². The first-order valence-electron chi connectivity index (χ1n) is 7.32. The minimum Gasteiger partial charge on any atom is -0.368 e. The van der Waals surface area contributed by atoms with E-state index >= 15 is 0 Å². The maximum absolute atomic E-state index is 4.72. The molecule has 1 fully saturated rings. The van der Waals surface area contributed by atoms with Crippen LogP contribution in [-0.2, 0) is 0 Å². The lowest BCUT2D eigenvalue weighted by atomic mass is 9.90. The third-order valence-electron chi connectivity index (χ3n) is 4.20. The van der Waals surface area contributed by atoms with E-state index in [4.69, 9.17) is 4.98 Å². The van der Waals surface area contributed by atoms with Crippen LogP contribution in [0.3, 0.4) is 0 Å². The lowest BCUT2D eigenvalue weighted by molar-refractivity contribution is 0.320. The first kappa shape index (κ1) is 11.9. The Labute approximate surface area is 118 Å². The third kappa shape index (κ3) is 2.06. The predicted octanol–water partition coefficient (Wildman–Crippen LogP) is 2.51. The molecule has 0 bridgehead atoms. The summed E-state index contributed by atoms with van der Waals surface area (Å²) in [4.78, 5) is 9.22. The molecule has 2 aliphatic rings. The zero-order valence-corrected chi connectivity index (χ0v) is 11.3. The van der Waals surface area contributed by atoms with Gasteiger partial charge in [-0.05, 0) is 31.4 Å². The molecule has 2 N–H and O–H groups in total. The molecule has 102 valence electrons. The molecule has 1 unspecified atom stereocenters. The van der Waals surface area contributed by atoms with Gasteiger partial charge in [0, 0.05) is 18.2 Å². The molecule has 20 heavy (non-hydrogen) atoms. The quantitative estimate of drug-likeness (QED) is 0.832. The number of rotatable bonds is 1. The fraction of sp³-hybridized carbons (Fsp3) is 0.375. The van der Waals surface area contributed by atoms with E-state index in [1.807, 2.05) is 30.5 Å². The molecule has 4 rings (SSSR count). The molecule has 1 aliphatic carbocycles. The van der Waals surface area contributed by atoms with Gasteiger partial charge in [-0.1, -0.05) is 18.2 Å². The highest BCUT2D eigenvalue weighted by atomic mass is 15.2. The molecule has 1 aromatic carbocycles. The first-order chi connectivity index (χ1) is 9.90. The van der Waals surface area contributed by atoms with Gasteiger partial charge in [0.2, 0.25) is 0 Å². The number of allylic oxidation sites excluding steroid dienone is 1. The van der Waals surface area contributed by atoms with E-state index in [9.17, 15) is 0 Å². The highest BCUT2D eigenvalue weighted by Crippen LogP contribution is 2.28. The Hall–Kier alpha value is -1.94. The maximum atomic E-state index is 4.72. The Kier molecular flexibility index (Phi) is 2.89. The van der Waals surface area contributed by atoms with Crippen molar-refractivity contribution in [3.63, 3.8) is 0 Å². The second kappa shape index (κ2) is 4.87. The minimum atomic E-state index is 0.0766. The number of aromatic nitrogens is 2. The van der Waals surface area contributed by atoms with Crippen LogP contribution in [0.25, 0.3) is 11.0 Å². The van der Waals surface area contributed by atoms with Crippen LogP contribution in [0.1, 0.15) is 31.1 Å². The summed E-state index contributed by atoms with van der Waals surface area (Å²) in [6, 6.07) is 8.00. The van der Waals surface area contributed by atoms with Crippen LogP contribution in [0.2, 0.25) is 0 Å². The zero-order valence-electron chi connectivity index (χ0n) is 11.3. The van der Waals surface area contributed by atoms with Crippen LogP contribution in [0.15, 0.2) is 42.2 Å². The van der Waals surface area contributed by atoms with Crippen LogP contribution >= 0.6 is 0 Å². The standard InChI is InChI=1S/C16H18N4/c1-2-6-12-11(5-1)9-18-16(20-12)15-10-17-13-7-3-4-8-14(13)19-15/h3-4,6-8,10-11,16,18,20H,1-2,5,9H2/t11?,16-/m0/s1. The minimum absolute atomic E-state index is 0.0766. The topological polar surface area (TPSA) is 49.8 Å². The number of para-hydroxylation sites is 2. The number of fused-ring (bicyclic) bond motifs is 2. The molecule has 1 aromatic heterocycles. The SMILES string of the molecule is C1=C2N[C@@H](c3cnc4ccccc4n3)NCC2CCC1. The van der Waals surface area contributed by atoms with Crippen molar-refractivity contribution in [3.05, 3.63) is 47.9 Å². The Morgan fingerprint density at radius 2 is 2.05 bits per heavy atom. The van der Waals surface area contributed by atoms with E-state index in [1.165, 1.54) is 25.0 Å². The Morgan fingerprint density at radius 3 is 3.00 bits per heavy atom. The Balaban J connectivity index is 1.64. The average molecular weight is 266 g/mol. The van der Waals surface area contributed by atoms with Crippen molar-refractivity contribution in [2.45, 2.75) is 25.4 Å². The summed E-state index contributed by atoms with van der Waals surface area (Å²) >= 11 is 0. The van der Waals surface area contributed by atoms with Crippen LogP contribution in [0.4, 0.5) is 0 Å². The molecule has 0 radical (unpaired) electrons. The van der Waals surface area contributed by atoms with Gasteiger partial charge in [-0.15, -0.1) is 0 Å². The molecule has 1 aliphatic heterocycles. The van der Waals surface area contributed by atoms with Gasteiger partial charge in [-0.3, -0.25) is 10.3 Å². The number of hydrogen-bond donors (Lipinski definition) is 2. The number of nitrogens with one attached hydrogen (secondary N) is 2. The Morgan fingerprint density at radius 1 is 1.15 bits per heavy atom. The van der Waals surface area contributed by atoms with Gasteiger partial charge >= 0.3 is 0 Å². The van der Waals surface area contributed by atoms with E-state index in [-0.39, 0.29) is 6.17 Å². The number of hydrogen-bond acceptors (Lipinski definition) is 4. The largest absolute Gasteiger partial charge is 0.368 e. The molecule has 0 amide bonds. The van der Waals surface area contributed by atoms with E-state index in [0.29, 0.717) is 5.92 Å². The van der Waals surface area contributed by atoms with Crippen LogP contribution in [0, 0.1) is 5.92 Å². The van der Waals surface area contributed by atoms with Gasteiger partial charge in [0.15, 0.2) is 0 Å². The highest BCUT2D eigenvalue weighted by Gasteiger charge is 2.27. The van der Waals surface area contributed by atoms with Gasteiger partial charge in [0.1, 0.15) is 6.17 Å². The smallest absolute Gasteiger partial charge is 0.122 e. The number of nitrogens with zero attached hydrogens (tertiary/aromatic N) is 2. The van der Waals surface area contributed by atoms with E-state index in [0.717, 1.165) is 23.3 Å². The summed E-state index contributed by atoms with van der Waals surface area (Å²) < 4.78 is 0. The van der Waals surface area contributed by atoms with Gasteiger partial charge in [-0.2, -0.15) is 0 Å². The summed E-state index contributed by atoms with van der Waals surface area (Å²) in [6.07, 6.45) is 8.06. The normalized spacial score (nSPS) is 25.7. The molecular weight excluding hydrogens is 248 g/mol. The van der Waals surface area contributed by atoms with Crippen molar-refractivity contribution in [1.29, 1.82) is 0 Å². The van der Waals surface area contributed by atoms with E-state index in [2.05, 4.69) is 21.7 Å². The summed E-state index contributed by atoms with van der Waals surface area (Å²) in [5.74, 6) is 0.647. The summed E-state index contributed by atoms with van der Waals surface area (Å²) in [6.45, 7) is 1.03. The van der Waals surface area contributed by atoms with E-state index < -0.39 is 0 Å². The molecule has 2 aromatic rings. The molecule has 1 saturated heterocycles. The first-order valence-corrected chi connectivity index (χ1v) is 7.32. The Bertz CT molecular complexity index is 664. The van der Waals surface area contributed by atoms with Crippen molar-refractivity contribution in [1.82, 2.24) is 20.6 Å². The summed E-state index contributed by atoms with van der Waals surface area (Å²) in [5, 5.41) is 7.13. The van der Waals surface area contributed by atoms with Gasteiger partial charge in [0.05, 0.1) is 22.9 Å². The van der Waals surface area contributed by atoms with Gasteiger partial charge in [0.25, 0.3) is 0 Å². The average Bonchev–Trinajstić information content (AvgIpc) is 2.54. The summed E-state index contributed by atoms with van der Waals surface area (Å²) in [5.41, 5.74) is 4.25. The molecule has 4 heteroatoms. The second-order valence-electron chi connectivity index (χ2n) is 5.56. The van der Waals surface area contributed by atoms with Crippen LogP contribution in [0.5, 0.6) is 0 Å². The lowest BCUT2D eigenvalue weighted by Crippen LogP contribution is -2.46. The fourth-order valence-corrected chi connectivity index (χ4v) is 3.10. The van der Waals surface area contributed by atoms with Gasteiger partial charge in [-0.25, -0.2) is 4.98 Å². The highest BCUT2D eigenvalue weighted by molar-refractivity contribution is 5.73. The molecular formula is C16H18N4. The van der Waals surface area contributed by atoms with Crippen molar-refractivity contribution >= 4 is 11.0 Å². The van der Waals surface area contributed by atoms with Crippen LogP contribution < -0.4 is 10.6 Å². The molecule has 0 saturated carbocycles. The summed E-state index contributed by atoms with van der Waals surface area (Å²) in [7, 11) is 0. The monoisotopic (exact) mass is 266 g/mol. The molecule has 0 spiro atoms. The zero-order chi connectivity index (χ0) is 13.4. The lowest BCUT2D eigenvalue weighted by Gasteiger charge is -2.36. The fourth-order valence-electron chi connectivity index (χ4n) is 3.10. The van der Waals surface area contributed by atoms with Crippen molar-refractivity contribution in [3.8, 4) is 0 Å². The maximum Gasteiger partial charge on any atom is 0.122 e. The second-order valence-corrected chi connectivity index (χ2v) is 5.56. The molecule has 2 heterocycles. The molecule has 2 atom stereocenters. The third-order valence-corrected chi connectivity index (χ3v) is 4.20. The number of benzene rings is 1. The predicted molar refractivity (Wildman–Crippen MR) is 78.8 cm³/mol. The van der Waals surface area contributed by atoms with Crippen molar-refractivity contribution < 1.29 is 0 Å². The van der Waals surface area contributed by atoms with Gasteiger partial charge < -0.3 is 5.32 Å².